The number of hydrogen-bond donors (Lipinski definition) is 1. The SMILES string of the molecule is COc1cc([C@@H](N)c2ccc(OC(F)(F)F)cc2)cc(OC)c1Br.Cl. The highest BCUT2D eigenvalue weighted by atomic mass is 79.9. The van der Waals surface area contributed by atoms with Crippen LogP contribution in [-0.2, 0) is 0 Å². The Bertz CT molecular complexity index is 686. The van der Waals surface area contributed by atoms with Gasteiger partial charge in [-0.2, -0.15) is 0 Å². The van der Waals surface area contributed by atoms with Crippen LogP contribution in [0.25, 0.3) is 0 Å². The first-order valence-electron chi connectivity index (χ1n) is 6.78. The summed E-state index contributed by atoms with van der Waals surface area (Å²) in [4.78, 5) is 0. The normalized spacial score (nSPS) is 12.1. The number of halogens is 5. The maximum atomic E-state index is 12.2. The van der Waals surface area contributed by atoms with E-state index in [9.17, 15) is 13.2 Å². The lowest BCUT2D eigenvalue weighted by Crippen LogP contribution is -2.17. The number of alkyl halides is 3. The van der Waals surface area contributed by atoms with Crippen LogP contribution in [0.4, 0.5) is 13.2 Å². The van der Waals surface area contributed by atoms with Crippen molar-refractivity contribution in [3.05, 3.63) is 52.0 Å². The highest BCUT2D eigenvalue weighted by Gasteiger charge is 2.31. The summed E-state index contributed by atoms with van der Waals surface area (Å²) in [6.45, 7) is 0. The fourth-order valence-corrected chi connectivity index (χ4v) is 2.69. The first-order valence-corrected chi connectivity index (χ1v) is 7.57. The van der Waals surface area contributed by atoms with Crippen LogP contribution in [0.5, 0.6) is 17.2 Å². The van der Waals surface area contributed by atoms with Gasteiger partial charge < -0.3 is 19.9 Å². The van der Waals surface area contributed by atoms with E-state index < -0.39 is 12.4 Å². The van der Waals surface area contributed by atoms with Gasteiger partial charge in [0, 0.05) is 0 Å². The third-order valence-electron chi connectivity index (χ3n) is 3.30. The summed E-state index contributed by atoms with van der Waals surface area (Å²) in [5.41, 5.74) is 7.51. The molecule has 0 aliphatic heterocycles. The molecule has 0 heterocycles. The standard InChI is InChI=1S/C16H15BrF3NO3.ClH/c1-22-12-7-10(8-13(23-2)14(12)17)15(21)9-3-5-11(6-4-9)24-16(18,19)20;/h3-8,15H,21H2,1-2H3;1H/t15-;/m0./s1. The molecular formula is C16H16BrClF3NO3. The Morgan fingerprint density at radius 3 is 1.84 bits per heavy atom. The minimum absolute atomic E-state index is 0. The molecule has 0 unspecified atom stereocenters. The summed E-state index contributed by atoms with van der Waals surface area (Å²) in [6, 6.07) is 8.29. The fourth-order valence-electron chi connectivity index (χ4n) is 2.14. The maximum absolute atomic E-state index is 12.2. The lowest BCUT2D eigenvalue weighted by Gasteiger charge is -2.17. The smallest absolute Gasteiger partial charge is 0.495 e. The molecule has 9 heteroatoms. The van der Waals surface area contributed by atoms with Gasteiger partial charge in [0.25, 0.3) is 0 Å². The van der Waals surface area contributed by atoms with Crippen LogP contribution in [-0.4, -0.2) is 20.6 Å². The summed E-state index contributed by atoms with van der Waals surface area (Å²) in [7, 11) is 3.02. The molecule has 138 valence electrons. The Balaban J connectivity index is 0.00000312. The molecule has 0 saturated carbocycles. The molecule has 0 aliphatic carbocycles. The van der Waals surface area contributed by atoms with Crippen LogP contribution in [0, 0.1) is 0 Å². The molecule has 2 aromatic carbocycles. The van der Waals surface area contributed by atoms with Crippen LogP contribution in [0.3, 0.4) is 0 Å². The molecule has 2 aromatic rings. The van der Waals surface area contributed by atoms with Crippen LogP contribution in [0.15, 0.2) is 40.9 Å². The molecule has 4 nitrogen and oxygen atoms in total. The van der Waals surface area contributed by atoms with Crippen LogP contribution < -0.4 is 19.9 Å². The number of methoxy groups -OCH3 is 2. The predicted molar refractivity (Wildman–Crippen MR) is 93.6 cm³/mol. The zero-order chi connectivity index (χ0) is 17.9. The molecule has 0 aliphatic rings. The second-order valence-corrected chi connectivity index (χ2v) is 5.63. The summed E-state index contributed by atoms with van der Waals surface area (Å²) in [5, 5.41) is 0. The number of ether oxygens (including phenoxy) is 3. The Morgan fingerprint density at radius 1 is 0.960 bits per heavy atom. The van der Waals surface area contributed by atoms with Gasteiger partial charge in [-0.3, -0.25) is 0 Å². The average molecular weight is 443 g/mol. The van der Waals surface area contributed by atoms with E-state index in [2.05, 4.69) is 20.7 Å². The second-order valence-electron chi connectivity index (χ2n) is 4.83. The quantitative estimate of drug-likeness (QED) is 0.720. The molecule has 1 atom stereocenters. The second kappa shape index (κ2) is 8.64. The number of hydrogen-bond acceptors (Lipinski definition) is 4. The molecular weight excluding hydrogens is 427 g/mol. The van der Waals surface area contributed by atoms with E-state index in [0.29, 0.717) is 27.1 Å². The van der Waals surface area contributed by atoms with Gasteiger partial charge in [-0.15, -0.1) is 25.6 Å². The van der Waals surface area contributed by atoms with Crippen molar-refractivity contribution in [2.75, 3.05) is 14.2 Å². The van der Waals surface area contributed by atoms with Crippen molar-refractivity contribution in [1.29, 1.82) is 0 Å². The van der Waals surface area contributed by atoms with Crippen molar-refractivity contribution in [1.82, 2.24) is 0 Å². The molecule has 0 spiro atoms. The lowest BCUT2D eigenvalue weighted by atomic mass is 9.99. The number of nitrogens with two attached hydrogens (primary N) is 1. The molecule has 0 saturated heterocycles. The van der Waals surface area contributed by atoms with Gasteiger partial charge in [0.1, 0.15) is 21.7 Å². The molecule has 25 heavy (non-hydrogen) atoms. The Kier molecular flexibility index (Phi) is 7.40. The highest BCUT2D eigenvalue weighted by Crippen LogP contribution is 2.38. The summed E-state index contributed by atoms with van der Waals surface area (Å²) in [5.74, 6) is 0.776. The van der Waals surface area contributed by atoms with Gasteiger partial charge >= 0.3 is 6.36 Å². The first kappa shape index (κ1) is 21.4. The molecule has 0 radical (unpaired) electrons. The van der Waals surface area contributed by atoms with Gasteiger partial charge in [-0.25, -0.2) is 0 Å². The van der Waals surface area contributed by atoms with Crippen molar-refractivity contribution >= 4 is 28.3 Å². The molecule has 2 N–H and O–H groups in total. The summed E-state index contributed by atoms with van der Waals surface area (Å²) < 4.78 is 51.6. The minimum atomic E-state index is -4.73. The third kappa shape index (κ3) is 5.42. The summed E-state index contributed by atoms with van der Waals surface area (Å²) in [6.07, 6.45) is -4.73. The van der Waals surface area contributed by atoms with Gasteiger partial charge in [0.05, 0.1) is 20.3 Å². The van der Waals surface area contributed by atoms with Gasteiger partial charge in [-0.05, 0) is 51.3 Å². The van der Waals surface area contributed by atoms with Crippen LogP contribution in [0.2, 0.25) is 0 Å². The molecule has 0 amide bonds. The number of rotatable bonds is 5. The molecule has 0 bridgehead atoms. The molecule has 0 fully saturated rings. The topological polar surface area (TPSA) is 53.7 Å². The van der Waals surface area contributed by atoms with Crippen molar-refractivity contribution in [2.45, 2.75) is 12.4 Å². The largest absolute Gasteiger partial charge is 0.573 e. The summed E-state index contributed by atoms with van der Waals surface area (Å²) >= 11 is 3.36. The lowest BCUT2D eigenvalue weighted by molar-refractivity contribution is -0.274. The van der Waals surface area contributed by atoms with E-state index in [1.165, 1.54) is 38.5 Å². The van der Waals surface area contributed by atoms with Gasteiger partial charge in [0.15, 0.2) is 0 Å². The van der Waals surface area contributed by atoms with Crippen molar-refractivity contribution < 1.29 is 27.4 Å². The molecule has 2 rings (SSSR count). The minimum Gasteiger partial charge on any atom is -0.495 e. The molecule has 0 aromatic heterocycles. The van der Waals surface area contributed by atoms with E-state index in [-0.39, 0.29) is 18.2 Å². The fraction of sp³-hybridized carbons (Fsp3) is 0.250. The third-order valence-corrected chi connectivity index (χ3v) is 4.08. The van der Waals surface area contributed by atoms with Crippen molar-refractivity contribution in [3.63, 3.8) is 0 Å². The van der Waals surface area contributed by atoms with Crippen LogP contribution in [0.1, 0.15) is 17.2 Å². The maximum Gasteiger partial charge on any atom is 0.573 e. The predicted octanol–water partition coefficient (Wildman–Crippen LogP) is 4.83. The van der Waals surface area contributed by atoms with E-state index >= 15 is 0 Å². The Hall–Kier alpha value is -1.64. The first-order chi connectivity index (χ1) is 11.2. The highest BCUT2D eigenvalue weighted by molar-refractivity contribution is 9.10. The van der Waals surface area contributed by atoms with Crippen LogP contribution >= 0.6 is 28.3 Å². The zero-order valence-corrected chi connectivity index (χ0v) is 15.7. The van der Waals surface area contributed by atoms with Gasteiger partial charge in [0.2, 0.25) is 0 Å². The Labute approximate surface area is 157 Å². The number of benzene rings is 2. The zero-order valence-electron chi connectivity index (χ0n) is 13.3. The van der Waals surface area contributed by atoms with Gasteiger partial charge in [-0.1, -0.05) is 12.1 Å². The van der Waals surface area contributed by atoms with E-state index in [1.807, 2.05) is 0 Å². The van der Waals surface area contributed by atoms with E-state index in [0.717, 1.165) is 0 Å². The Morgan fingerprint density at radius 2 is 1.44 bits per heavy atom. The van der Waals surface area contributed by atoms with E-state index in [1.54, 1.807) is 12.1 Å². The van der Waals surface area contributed by atoms with Crippen molar-refractivity contribution in [2.24, 2.45) is 5.73 Å². The van der Waals surface area contributed by atoms with Crippen molar-refractivity contribution in [3.8, 4) is 17.2 Å². The monoisotopic (exact) mass is 441 g/mol. The van der Waals surface area contributed by atoms with E-state index in [4.69, 9.17) is 15.2 Å². The average Bonchev–Trinajstić information content (AvgIpc) is 2.53.